The first-order valence-electron chi connectivity index (χ1n) is 6.34. The Morgan fingerprint density at radius 2 is 2.11 bits per heavy atom. The summed E-state index contributed by atoms with van der Waals surface area (Å²) in [5, 5.41) is 2.75. The van der Waals surface area contributed by atoms with Crippen molar-refractivity contribution in [2.45, 2.75) is 13.0 Å². The minimum atomic E-state index is -0.636. The Balaban J connectivity index is 2.73. The third-order valence-electron chi connectivity index (χ3n) is 2.71. The normalized spacial score (nSPS) is 12.5. The standard InChI is InChI=1S/C14H21FN2O2/c1-4-19-10-9-16-14(18)13(17(2)3)11-7-5-6-8-12(11)15/h5-8,13H,4,9-10H2,1-3H3,(H,16,18). The molecule has 0 aliphatic carbocycles. The summed E-state index contributed by atoms with van der Waals surface area (Å²) in [6.45, 7) is 3.38. The number of halogens is 1. The van der Waals surface area contributed by atoms with Crippen LogP contribution in [0.15, 0.2) is 24.3 Å². The molecule has 5 heteroatoms. The fourth-order valence-electron chi connectivity index (χ4n) is 1.84. The van der Waals surface area contributed by atoms with Gasteiger partial charge >= 0.3 is 0 Å². The highest BCUT2D eigenvalue weighted by Crippen LogP contribution is 2.21. The molecule has 0 radical (unpaired) electrons. The molecular formula is C14H21FN2O2. The number of likely N-dealkylation sites (N-methyl/N-ethyl adjacent to an activating group) is 1. The Morgan fingerprint density at radius 1 is 1.42 bits per heavy atom. The van der Waals surface area contributed by atoms with Crippen molar-refractivity contribution in [2.24, 2.45) is 0 Å². The number of hydrogen-bond acceptors (Lipinski definition) is 3. The topological polar surface area (TPSA) is 41.6 Å². The Labute approximate surface area is 113 Å². The molecule has 0 saturated heterocycles. The Hall–Kier alpha value is -1.46. The van der Waals surface area contributed by atoms with Crippen LogP contribution >= 0.6 is 0 Å². The number of carbonyl (C=O) groups is 1. The summed E-state index contributed by atoms with van der Waals surface area (Å²) >= 11 is 0. The molecule has 4 nitrogen and oxygen atoms in total. The van der Waals surface area contributed by atoms with E-state index in [2.05, 4.69) is 5.32 Å². The minimum Gasteiger partial charge on any atom is -0.380 e. The smallest absolute Gasteiger partial charge is 0.242 e. The van der Waals surface area contributed by atoms with Crippen molar-refractivity contribution in [1.29, 1.82) is 0 Å². The van der Waals surface area contributed by atoms with E-state index in [0.717, 1.165) is 0 Å². The highest BCUT2D eigenvalue weighted by atomic mass is 19.1. The van der Waals surface area contributed by atoms with E-state index >= 15 is 0 Å². The van der Waals surface area contributed by atoms with Crippen LogP contribution in [-0.4, -0.2) is 44.7 Å². The van der Waals surface area contributed by atoms with Crippen LogP contribution in [0.5, 0.6) is 0 Å². The van der Waals surface area contributed by atoms with E-state index in [-0.39, 0.29) is 11.7 Å². The first kappa shape index (κ1) is 15.6. The van der Waals surface area contributed by atoms with Crippen molar-refractivity contribution in [1.82, 2.24) is 10.2 Å². The fourth-order valence-corrected chi connectivity index (χ4v) is 1.84. The van der Waals surface area contributed by atoms with Gasteiger partial charge in [0, 0.05) is 18.7 Å². The summed E-state index contributed by atoms with van der Waals surface area (Å²) in [5.74, 6) is -0.601. The number of benzene rings is 1. The van der Waals surface area contributed by atoms with Crippen molar-refractivity contribution >= 4 is 5.91 Å². The zero-order valence-corrected chi connectivity index (χ0v) is 11.6. The van der Waals surface area contributed by atoms with Gasteiger partial charge < -0.3 is 10.1 Å². The second-order valence-electron chi connectivity index (χ2n) is 4.38. The van der Waals surface area contributed by atoms with E-state index in [0.29, 0.717) is 25.3 Å². The summed E-state index contributed by atoms with van der Waals surface area (Å²) in [6, 6.07) is 5.69. The van der Waals surface area contributed by atoms with E-state index in [1.165, 1.54) is 6.07 Å². The Morgan fingerprint density at radius 3 is 2.68 bits per heavy atom. The highest BCUT2D eigenvalue weighted by molar-refractivity contribution is 5.83. The van der Waals surface area contributed by atoms with Crippen molar-refractivity contribution in [3.8, 4) is 0 Å². The monoisotopic (exact) mass is 268 g/mol. The molecule has 1 aromatic carbocycles. The molecule has 0 aliphatic rings. The number of ether oxygens (including phenoxy) is 1. The van der Waals surface area contributed by atoms with Crippen LogP contribution in [-0.2, 0) is 9.53 Å². The molecule has 0 fully saturated rings. The summed E-state index contributed by atoms with van der Waals surface area (Å²) < 4.78 is 18.9. The predicted octanol–water partition coefficient (Wildman–Crippen LogP) is 1.58. The van der Waals surface area contributed by atoms with Crippen LogP contribution in [0.25, 0.3) is 0 Å². The van der Waals surface area contributed by atoms with Crippen molar-refractivity contribution in [3.05, 3.63) is 35.6 Å². The summed E-state index contributed by atoms with van der Waals surface area (Å²) in [4.78, 5) is 13.8. The van der Waals surface area contributed by atoms with Crippen LogP contribution in [0.4, 0.5) is 4.39 Å². The Kier molecular flexibility index (Phi) is 6.45. The molecule has 1 unspecified atom stereocenters. The number of hydrogen-bond donors (Lipinski definition) is 1. The molecule has 0 saturated carbocycles. The molecule has 1 amide bonds. The second-order valence-corrected chi connectivity index (χ2v) is 4.38. The second kappa shape index (κ2) is 7.86. The molecule has 1 rings (SSSR count). The third-order valence-corrected chi connectivity index (χ3v) is 2.71. The molecule has 0 aromatic heterocycles. The molecule has 0 bridgehead atoms. The van der Waals surface area contributed by atoms with Crippen molar-refractivity contribution < 1.29 is 13.9 Å². The van der Waals surface area contributed by atoms with Crippen LogP contribution in [0.1, 0.15) is 18.5 Å². The molecule has 1 atom stereocenters. The minimum absolute atomic E-state index is 0.227. The number of rotatable bonds is 7. The fraction of sp³-hybridized carbons (Fsp3) is 0.500. The van der Waals surface area contributed by atoms with Gasteiger partial charge in [-0.05, 0) is 27.1 Å². The number of nitrogens with zero attached hydrogens (tertiary/aromatic N) is 1. The van der Waals surface area contributed by atoms with Crippen LogP contribution in [0.3, 0.4) is 0 Å². The van der Waals surface area contributed by atoms with E-state index < -0.39 is 6.04 Å². The van der Waals surface area contributed by atoms with Crippen molar-refractivity contribution in [3.63, 3.8) is 0 Å². The zero-order chi connectivity index (χ0) is 14.3. The maximum Gasteiger partial charge on any atom is 0.242 e. The maximum atomic E-state index is 13.8. The van der Waals surface area contributed by atoms with E-state index in [1.54, 1.807) is 37.2 Å². The Bertz CT molecular complexity index is 410. The van der Waals surface area contributed by atoms with Gasteiger partial charge in [-0.15, -0.1) is 0 Å². The van der Waals surface area contributed by atoms with Gasteiger partial charge in [-0.25, -0.2) is 4.39 Å². The molecule has 1 aromatic rings. The molecule has 19 heavy (non-hydrogen) atoms. The first-order chi connectivity index (χ1) is 9.07. The molecule has 1 N–H and O–H groups in total. The maximum absolute atomic E-state index is 13.8. The number of nitrogens with one attached hydrogen (secondary N) is 1. The molecule has 0 aliphatic heterocycles. The first-order valence-corrected chi connectivity index (χ1v) is 6.34. The molecule has 0 spiro atoms. The lowest BCUT2D eigenvalue weighted by molar-refractivity contribution is -0.126. The van der Waals surface area contributed by atoms with Gasteiger partial charge in [0.2, 0.25) is 5.91 Å². The molecule has 106 valence electrons. The van der Waals surface area contributed by atoms with Gasteiger partial charge in [0.05, 0.1) is 6.61 Å². The van der Waals surface area contributed by atoms with Gasteiger partial charge in [-0.2, -0.15) is 0 Å². The number of carbonyl (C=O) groups excluding carboxylic acids is 1. The van der Waals surface area contributed by atoms with Crippen LogP contribution in [0, 0.1) is 5.82 Å². The van der Waals surface area contributed by atoms with Crippen LogP contribution < -0.4 is 5.32 Å². The average Bonchev–Trinajstić information content (AvgIpc) is 2.37. The zero-order valence-electron chi connectivity index (χ0n) is 11.6. The molecular weight excluding hydrogens is 247 g/mol. The van der Waals surface area contributed by atoms with Gasteiger partial charge in [0.15, 0.2) is 0 Å². The van der Waals surface area contributed by atoms with Crippen molar-refractivity contribution in [2.75, 3.05) is 33.9 Å². The quantitative estimate of drug-likeness (QED) is 0.763. The van der Waals surface area contributed by atoms with Gasteiger partial charge in [-0.3, -0.25) is 9.69 Å². The lowest BCUT2D eigenvalue weighted by Crippen LogP contribution is -2.38. The lowest BCUT2D eigenvalue weighted by atomic mass is 10.0. The predicted molar refractivity (Wildman–Crippen MR) is 72.3 cm³/mol. The van der Waals surface area contributed by atoms with Gasteiger partial charge in [0.25, 0.3) is 0 Å². The largest absolute Gasteiger partial charge is 0.380 e. The molecule has 0 heterocycles. The van der Waals surface area contributed by atoms with E-state index in [4.69, 9.17) is 4.74 Å². The summed E-state index contributed by atoms with van der Waals surface area (Å²) in [7, 11) is 3.50. The average molecular weight is 268 g/mol. The van der Waals surface area contributed by atoms with Gasteiger partial charge in [0.1, 0.15) is 11.9 Å². The lowest BCUT2D eigenvalue weighted by Gasteiger charge is -2.24. The van der Waals surface area contributed by atoms with Crippen LogP contribution in [0.2, 0.25) is 0 Å². The summed E-state index contributed by atoms with van der Waals surface area (Å²) in [6.07, 6.45) is 0. The SMILES string of the molecule is CCOCCNC(=O)C(c1ccccc1F)N(C)C. The highest BCUT2D eigenvalue weighted by Gasteiger charge is 2.25. The number of amides is 1. The van der Waals surface area contributed by atoms with Gasteiger partial charge in [-0.1, -0.05) is 18.2 Å². The summed E-state index contributed by atoms with van der Waals surface area (Å²) in [5.41, 5.74) is 0.376. The third kappa shape index (κ3) is 4.61. The van der Waals surface area contributed by atoms with E-state index in [9.17, 15) is 9.18 Å². The van der Waals surface area contributed by atoms with E-state index in [1.807, 2.05) is 6.92 Å².